The molecular formula is CH8N2NaSi2+. The van der Waals surface area contributed by atoms with Crippen LogP contribution in [-0.2, 0) is 0 Å². The second-order valence-electron chi connectivity index (χ2n) is 1.21. The molecule has 0 aromatic rings. The molecule has 0 aromatic heterocycles. The SMILES string of the molecule is C[SiH]([SiH3])[N+]#N.[H-].[Na+]. The fourth-order valence-electron chi connectivity index (χ4n) is 0. The van der Waals surface area contributed by atoms with Crippen molar-refractivity contribution in [1.82, 2.24) is 0 Å². The van der Waals surface area contributed by atoms with Crippen LogP contribution in [0.3, 0.4) is 0 Å². The van der Waals surface area contributed by atoms with E-state index in [4.69, 9.17) is 5.39 Å². The third kappa shape index (κ3) is 8.85. The molecule has 0 radical (unpaired) electrons. The molecule has 0 aliphatic carbocycles. The van der Waals surface area contributed by atoms with Gasteiger partial charge in [-0.3, -0.25) is 0 Å². The standard InChI is InChI=1S/CH7N2Si2.Na.H/c1-5(4)3-2;;/h5H,1,4H3;;/q2*+1;-1. The van der Waals surface area contributed by atoms with Crippen molar-refractivity contribution in [2.75, 3.05) is 0 Å². The largest absolute Gasteiger partial charge is 1.00 e. The molecule has 6 heavy (non-hydrogen) atoms. The van der Waals surface area contributed by atoms with Crippen LogP contribution in [0.4, 0.5) is 0 Å². The van der Waals surface area contributed by atoms with Gasteiger partial charge in [-0.25, -0.2) is 0 Å². The third-order valence-corrected chi connectivity index (χ3v) is 1.39. The number of nitrogens with zero attached hydrogens (tertiary/aromatic N) is 2. The summed E-state index contributed by atoms with van der Waals surface area (Å²) in [6, 6.07) is 0. The van der Waals surface area contributed by atoms with Gasteiger partial charge in [-0.05, 0) is 4.64 Å². The molecule has 2 nitrogen and oxygen atoms in total. The summed E-state index contributed by atoms with van der Waals surface area (Å²) < 4.78 is 3.09. The molecular weight excluding hydrogens is 119 g/mol. The van der Waals surface area contributed by atoms with Crippen LogP contribution < -0.4 is 29.6 Å². The van der Waals surface area contributed by atoms with E-state index in [-0.39, 0.29) is 31.0 Å². The summed E-state index contributed by atoms with van der Waals surface area (Å²) in [6.07, 6.45) is 0. The molecule has 5 heteroatoms. The van der Waals surface area contributed by atoms with Crippen molar-refractivity contribution in [3.8, 4) is 0 Å². The first-order valence-electron chi connectivity index (χ1n) is 1.61. The van der Waals surface area contributed by atoms with Crippen molar-refractivity contribution in [3.05, 3.63) is 4.64 Å². The molecule has 30 valence electrons. The van der Waals surface area contributed by atoms with E-state index in [1.165, 1.54) is 0 Å². The fraction of sp³-hybridized carbons (Fsp3) is 1.00. The van der Waals surface area contributed by atoms with E-state index in [0.717, 1.165) is 9.76 Å². The van der Waals surface area contributed by atoms with E-state index in [9.17, 15) is 0 Å². The molecule has 0 spiro atoms. The number of diazo groups is 1. The third-order valence-electron chi connectivity index (χ3n) is 0.231. The van der Waals surface area contributed by atoms with E-state index in [2.05, 4.69) is 4.64 Å². The minimum Gasteiger partial charge on any atom is -1.00 e. The molecule has 0 amide bonds. The Kier molecular flexibility index (Phi) is 9.73. The van der Waals surface area contributed by atoms with Crippen molar-refractivity contribution in [3.63, 3.8) is 0 Å². The monoisotopic (exact) mass is 127 g/mol. The van der Waals surface area contributed by atoms with Gasteiger partial charge in [0.25, 0.3) is 0 Å². The van der Waals surface area contributed by atoms with Gasteiger partial charge in [0.05, 0.1) is 0 Å². The first kappa shape index (κ1) is 9.97. The Morgan fingerprint density at radius 1 is 2.00 bits per heavy atom. The Hall–Kier alpha value is 0.854. The molecule has 0 fully saturated rings. The first-order valence-corrected chi connectivity index (χ1v) is 7.90. The van der Waals surface area contributed by atoms with Gasteiger partial charge in [-0.1, -0.05) is 0 Å². The maximum absolute atomic E-state index is 7.86. The molecule has 1 atom stereocenters. The van der Waals surface area contributed by atoms with Gasteiger partial charge in [-0.15, -0.1) is 0 Å². The van der Waals surface area contributed by atoms with E-state index < -0.39 is 8.48 Å². The molecule has 0 aromatic carbocycles. The number of hydrogen-bond acceptors (Lipinski definition) is 1. The molecule has 0 aliphatic heterocycles. The van der Waals surface area contributed by atoms with Crippen molar-refractivity contribution < 1.29 is 31.0 Å². The van der Waals surface area contributed by atoms with Crippen LogP contribution in [0.25, 0.3) is 4.64 Å². The second-order valence-corrected chi connectivity index (χ2v) is 8.64. The Morgan fingerprint density at radius 2 is 2.17 bits per heavy atom. The molecule has 1 unspecified atom stereocenters. The van der Waals surface area contributed by atoms with Crippen molar-refractivity contribution >= 4 is 18.2 Å². The molecule has 0 aliphatic rings. The zero-order valence-corrected chi connectivity index (χ0v) is 9.63. The molecule has 0 heterocycles. The Balaban J connectivity index is -0.0000000800. The summed E-state index contributed by atoms with van der Waals surface area (Å²) in [4.78, 5) is 0. The average Bonchev–Trinajstić information content (AvgIpc) is 1.38. The molecule has 0 N–H and O–H groups in total. The van der Waals surface area contributed by atoms with Gasteiger partial charge in [0.15, 0.2) is 5.39 Å². The minimum atomic E-state index is -0.830. The maximum atomic E-state index is 7.86. The quantitative estimate of drug-likeness (QED) is 0.242. The summed E-state index contributed by atoms with van der Waals surface area (Å²) in [7, 11) is 0.262. The van der Waals surface area contributed by atoms with Gasteiger partial charge in [0, 0.05) is 6.55 Å². The van der Waals surface area contributed by atoms with Crippen LogP contribution in [0.15, 0.2) is 0 Å². The van der Waals surface area contributed by atoms with E-state index in [1.54, 1.807) is 0 Å². The van der Waals surface area contributed by atoms with Gasteiger partial charge in [0.1, 0.15) is 9.76 Å². The van der Waals surface area contributed by atoms with Crippen LogP contribution in [0.5, 0.6) is 0 Å². The Labute approximate surface area is 65.6 Å². The van der Waals surface area contributed by atoms with Gasteiger partial charge in [0.2, 0.25) is 0 Å². The van der Waals surface area contributed by atoms with Crippen LogP contribution in [0.1, 0.15) is 1.43 Å². The Morgan fingerprint density at radius 3 is 2.17 bits per heavy atom. The van der Waals surface area contributed by atoms with Crippen LogP contribution in [0, 0.1) is 5.39 Å². The van der Waals surface area contributed by atoms with E-state index in [1.807, 2.05) is 6.55 Å². The van der Waals surface area contributed by atoms with E-state index in [0.29, 0.717) is 0 Å². The molecule has 0 bridgehead atoms. The van der Waals surface area contributed by atoms with Crippen LogP contribution >= 0.6 is 0 Å². The number of rotatable bonds is 0. The second kappa shape index (κ2) is 5.85. The predicted octanol–water partition coefficient (Wildman–Crippen LogP) is -3.83. The van der Waals surface area contributed by atoms with Gasteiger partial charge in [-0.2, -0.15) is 0 Å². The maximum Gasteiger partial charge on any atom is 1.00 e. The zero-order chi connectivity index (χ0) is 4.28. The van der Waals surface area contributed by atoms with Crippen molar-refractivity contribution in [1.29, 1.82) is 5.39 Å². The fourth-order valence-corrected chi connectivity index (χ4v) is 0. The molecule has 0 saturated heterocycles. The predicted molar refractivity (Wildman–Crippen MR) is 29.1 cm³/mol. The van der Waals surface area contributed by atoms with Crippen LogP contribution in [0.2, 0.25) is 6.55 Å². The summed E-state index contributed by atoms with van der Waals surface area (Å²) in [5.41, 5.74) is 0. The normalized spacial score (nSPS) is 11.3. The topological polar surface area (TPSA) is 28.1 Å². The van der Waals surface area contributed by atoms with Crippen LogP contribution in [-0.4, -0.2) is 18.2 Å². The molecule has 0 rings (SSSR count). The minimum absolute atomic E-state index is 0. The Bertz CT molecular complexity index is 61.2. The smallest absolute Gasteiger partial charge is 1.00 e. The number of hydrogen-bond donors (Lipinski definition) is 0. The first-order chi connectivity index (χ1) is 2.27. The van der Waals surface area contributed by atoms with Crippen molar-refractivity contribution in [2.45, 2.75) is 6.55 Å². The summed E-state index contributed by atoms with van der Waals surface area (Å²) in [5.74, 6) is 0. The van der Waals surface area contributed by atoms with E-state index >= 15 is 0 Å². The van der Waals surface area contributed by atoms with Crippen molar-refractivity contribution in [2.24, 2.45) is 0 Å². The zero-order valence-electron chi connectivity index (χ0n) is 5.47. The van der Waals surface area contributed by atoms with Gasteiger partial charge >= 0.3 is 38.0 Å². The molecule has 0 saturated carbocycles. The summed E-state index contributed by atoms with van der Waals surface area (Å²) >= 11 is 0. The summed E-state index contributed by atoms with van der Waals surface area (Å²) in [6.45, 7) is 2.01. The van der Waals surface area contributed by atoms with Gasteiger partial charge < -0.3 is 1.43 Å². The summed E-state index contributed by atoms with van der Waals surface area (Å²) in [5, 5.41) is 7.86. The average molecular weight is 127 g/mol.